The topological polar surface area (TPSA) is 27.7 Å². The van der Waals surface area contributed by atoms with E-state index in [4.69, 9.17) is 13.3 Å². The number of hydrogen-bond acceptors (Lipinski definition) is 3. The normalized spacial score (nSPS) is 12.9. The van der Waals surface area contributed by atoms with Crippen LogP contribution in [0.15, 0.2) is 43.0 Å². The van der Waals surface area contributed by atoms with Crippen molar-refractivity contribution in [2.24, 2.45) is 5.92 Å². The maximum absolute atomic E-state index is 5.94. The van der Waals surface area contributed by atoms with Crippen molar-refractivity contribution < 1.29 is 13.3 Å². The van der Waals surface area contributed by atoms with E-state index in [1.165, 1.54) is 31.2 Å². The fourth-order valence-electron chi connectivity index (χ4n) is 3.34. The van der Waals surface area contributed by atoms with Gasteiger partial charge < -0.3 is 13.3 Å². The molecule has 0 saturated carbocycles. The van der Waals surface area contributed by atoms with E-state index in [0.29, 0.717) is 25.7 Å². The summed E-state index contributed by atoms with van der Waals surface area (Å²) in [6, 6.07) is 11.6. The fourth-order valence-corrected chi connectivity index (χ4v) is 5.98. The van der Waals surface area contributed by atoms with Crippen LogP contribution >= 0.6 is 0 Å². The van der Waals surface area contributed by atoms with E-state index >= 15 is 0 Å². The molecule has 3 nitrogen and oxygen atoms in total. The van der Waals surface area contributed by atoms with Crippen LogP contribution in [0.2, 0.25) is 6.04 Å². The number of rotatable bonds is 16. The van der Waals surface area contributed by atoms with Gasteiger partial charge in [0, 0.05) is 25.9 Å². The number of hydrogen-bond donors (Lipinski definition) is 0. The standard InChI is InChI=1S/C22H38O3Si/c1-5-21(15-12-13-18-22-16-10-9-11-17-22)19-14-20-26(23-6-2,24-7-3)25-8-4/h5,9-11,16-17,21H,1,6-8,12-15,18-20H2,2-4H3. The summed E-state index contributed by atoms with van der Waals surface area (Å²) in [5.41, 5.74) is 1.43. The van der Waals surface area contributed by atoms with Crippen molar-refractivity contribution in [3.8, 4) is 0 Å². The molecule has 0 amide bonds. The van der Waals surface area contributed by atoms with Crippen LogP contribution in [-0.2, 0) is 19.7 Å². The smallest absolute Gasteiger partial charge is 0.374 e. The molecule has 0 aromatic heterocycles. The lowest BCUT2D eigenvalue weighted by Gasteiger charge is -2.28. The fraction of sp³-hybridized carbons (Fsp3) is 0.636. The van der Waals surface area contributed by atoms with Crippen LogP contribution in [0.25, 0.3) is 0 Å². The molecule has 0 N–H and O–H groups in total. The Kier molecular flexibility index (Phi) is 12.6. The molecule has 0 aliphatic carbocycles. The van der Waals surface area contributed by atoms with Crippen molar-refractivity contribution in [2.45, 2.75) is 65.3 Å². The van der Waals surface area contributed by atoms with Crippen molar-refractivity contribution in [1.29, 1.82) is 0 Å². The molecule has 1 aromatic rings. The van der Waals surface area contributed by atoms with Gasteiger partial charge in [0.1, 0.15) is 0 Å². The Labute approximate surface area is 162 Å². The van der Waals surface area contributed by atoms with Crippen LogP contribution in [0.5, 0.6) is 0 Å². The maximum atomic E-state index is 5.94. The largest absolute Gasteiger partial charge is 0.500 e. The van der Waals surface area contributed by atoms with E-state index < -0.39 is 8.80 Å². The predicted molar refractivity (Wildman–Crippen MR) is 112 cm³/mol. The molecule has 1 unspecified atom stereocenters. The van der Waals surface area contributed by atoms with Gasteiger partial charge in [0.05, 0.1) is 0 Å². The summed E-state index contributed by atoms with van der Waals surface area (Å²) in [6.45, 7) is 12.0. The van der Waals surface area contributed by atoms with Gasteiger partial charge in [-0.25, -0.2) is 0 Å². The molecule has 1 atom stereocenters. The monoisotopic (exact) mass is 378 g/mol. The Bertz CT molecular complexity index is 447. The lowest BCUT2D eigenvalue weighted by Crippen LogP contribution is -2.45. The number of benzene rings is 1. The van der Waals surface area contributed by atoms with Crippen LogP contribution in [-0.4, -0.2) is 28.6 Å². The predicted octanol–water partition coefficient (Wildman–Crippen LogP) is 6.03. The Morgan fingerprint density at radius 1 is 0.885 bits per heavy atom. The first-order chi connectivity index (χ1) is 12.7. The first-order valence-corrected chi connectivity index (χ1v) is 12.2. The summed E-state index contributed by atoms with van der Waals surface area (Å²) < 4.78 is 17.8. The van der Waals surface area contributed by atoms with E-state index in [0.717, 1.165) is 18.9 Å². The van der Waals surface area contributed by atoms with Gasteiger partial charge in [-0.15, -0.1) is 6.58 Å². The molecule has 26 heavy (non-hydrogen) atoms. The van der Waals surface area contributed by atoms with Gasteiger partial charge in [-0.1, -0.05) is 42.8 Å². The highest BCUT2D eigenvalue weighted by molar-refractivity contribution is 6.60. The summed E-state index contributed by atoms with van der Waals surface area (Å²) in [5, 5.41) is 0. The zero-order valence-corrected chi connectivity index (χ0v) is 18.0. The minimum atomic E-state index is -2.49. The van der Waals surface area contributed by atoms with Gasteiger partial charge in [-0.05, 0) is 64.4 Å². The average molecular weight is 379 g/mol. The molecule has 4 heteroatoms. The maximum Gasteiger partial charge on any atom is 0.500 e. The molecule has 0 spiro atoms. The molecule has 0 aliphatic rings. The summed E-state index contributed by atoms with van der Waals surface area (Å²) >= 11 is 0. The summed E-state index contributed by atoms with van der Waals surface area (Å²) in [5.74, 6) is 0.572. The SMILES string of the molecule is C=CC(CCCCc1ccccc1)CCC[Si](OCC)(OCC)OCC. The van der Waals surface area contributed by atoms with Crippen molar-refractivity contribution in [2.75, 3.05) is 19.8 Å². The van der Waals surface area contributed by atoms with Crippen LogP contribution in [0.3, 0.4) is 0 Å². The molecule has 1 aromatic carbocycles. The third kappa shape index (κ3) is 9.13. The Hall–Kier alpha value is -0.943. The second-order valence-electron chi connectivity index (χ2n) is 6.60. The summed E-state index contributed by atoms with van der Waals surface area (Å²) in [7, 11) is -2.49. The van der Waals surface area contributed by atoms with E-state index in [9.17, 15) is 0 Å². The van der Waals surface area contributed by atoms with Gasteiger partial charge >= 0.3 is 8.80 Å². The zero-order valence-electron chi connectivity index (χ0n) is 17.0. The third-order valence-corrected chi connectivity index (χ3v) is 7.77. The quantitative estimate of drug-likeness (QED) is 0.200. The lowest BCUT2D eigenvalue weighted by molar-refractivity contribution is 0.0704. The van der Waals surface area contributed by atoms with Crippen LogP contribution in [0.4, 0.5) is 0 Å². The zero-order chi connectivity index (χ0) is 19.1. The third-order valence-electron chi connectivity index (χ3n) is 4.62. The van der Waals surface area contributed by atoms with Crippen molar-refractivity contribution in [1.82, 2.24) is 0 Å². The summed E-state index contributed by atoms with van der Waals surface area (Å²) in [6.07, 6.45) is 9.19. The first-order valence-electron chi connectivity index (χ1n) is 10.3. The van der Waals surface area contributed by atoms with E-state index in [1.54, 1.807) is 0 Å². The Morgan fingerprint density at radius 3 is 2.00 bits per heavy atom. The molecule has 148 valence electrons. The summed E-state index contributed by atoms with van der Waals surface area (Å²) in [4.78, 5) is 0. The van der Waals surface area contributed by atoms with E-state index in [-0.39, 0.29) is 0 Å². The average Bonchev–Trinajstić information content (AvgIpc) is 2.65. The number of allylic oxidation sites excluding steroid dienone is 1. The second kappa shape index (κ2) is 14.2. The van der Waals surface area contributed by atoms with E-state index in [2.05, 4.69) is 43.0 Å². The highest BCUT2D eigenvalue weighted by Gasteiger charge is 2.39. The van der Waals surface area contributed by atoms with Crippen LogP contribution in [0.1, 0.15) is 58.4 Å². The molecule has 0 aliphatic heterocycles. The van der Waals surface area contributed by atoms with Gasteiger partial charge in [0.25, 0.3) is 0 Å². The molecule has 0 saturated heterocycles. The Balaban J connectivity index is 2.33. The van der Waals surface area contributed by atoms with Crippen molar-refractivity contribution in [3.05, 3.63) is 48.6 Å². The minimum Gasteiger partial charge on any atom is -0.374 e. The highest BCUT2D eigenvalue weighted by atomic mass is 28.4. The molecule has 0 fully saturated rings. The Morgan fingerprint density at radius 2 is 1.46 bits per heavy atom. The highest BCUT2D eigenvalue weighted by Crippen LogP contribution is 2.24. The second-order valence-corrected chi connectivity index (χ2v) is 9.33. The minimum absolute atomic E-state index is 0.572. The van der Waals surface area contributed by atoms with Gasteiger partial charge in [-0.3, -0.25) is 0 Å². The first kappa shape index (κ1) is 23.1. The number of unbranched alkanes of at least 4 members (excludes halogenated alkanes) is 1. The molecule has 0 bridgehead atoms. The van der Waals surface area contributed by atoms with Crippen LogP contribution in [0, 0.1) is 5.92 Å². The van der Waals surface area contributed by atoms with Gasteiger partial charge in [0.2, 0.25) is 0 Å². The van der Waals surface area contributed by atoms with Crippen LogP contribution < -0.4 is 0 Å². The molecule has 1 rings (SSSR count). The van der Waals surface area contributed by atoms with E-state index in [1.807, 2.05) is 20.8 Å². The van der Waals surface area contributed by atoms with Gasteiger partial charge in [0.15, 0.2) is 0 Å². The number of aryl methyl sites for hydroxylation is 1. The lowest BCUT2D eigenvalue weighted by atomic mass is 9.96. The van der Waals surface area contributed by atoms with Crippen molar-refractivity contribution in [3.63, 3.8) is 0 Å². The van der Waals surface area contributed by atoms with Crippen molar-refractivity contribution >= 4 is 8.80 Å². The molecular formula is C22H38O3Si. The van der Waals surface area contributed by atoms with Gasteiger partial charge in [-0.2, -0.15) is 0 Å². The molecule has 0 heterocycles. The molecular weight excluding hydrogens is 340 g/mol. The molecule has 0 radical (unpaired) electrons.